The van der Waals surface area contributed by atoms with Crippen LogP contribution in [0, 0.1) is 0 Å². The van der Waals surface area contributed by atoms with Crippen molar-refractivity contribution in [1.29, 1.82) is 0 Å². The highest BCUT2D eigenvalue weighted by molar-refractivity contribution is 5.93. The van der Waals surface area contributed by atoms with Gasteiger partial charge in [0.15, 0.2) is 0 Å². The molecule has 0 unspecified atom stereocenters. The van der Waals surface area contributed by atoms with Gasteiger partial charge in [0, 0.05) is 38.2 Å². The number of amides is 1. The minimum Gasteiger partial charge on any atom is -0.373 e. The Kier molecular flexibility index (Phi) is 4.59. The Morgan fingerprint density at radius 2 is 1.88 bits per heavy atom. The summed E-state index contributed by atoms with van der Waals surface area (Å²) in [5.41, 5.74) is 1.67. The van der Waals surface area contributed by atoms with E-state index < -0.39 is 0 Å². The van der Waals surface area contributed by atoms with Gasteiger partial charge >= 0.3 is 0 Å². The number of ether oxygens (including phenoxy) is 1. The van der Waals surface area contributed by atoms with Gasteiger partial charge in [-0.05, 0) is 31.4 Å². The molecule has 1 spiro atoms. The summed E-state index contributed by atoms with van der Waals surface area (Å²) in [6.07, 6.45) is 7.37. The Hall–Kier alpha value is -2.47. The summed E-state index contributed by atoms with van der Waals surface area (Å²) >= 11 is 0. The number of carbonyl (C=O) groups excluding carboxylic acids is 1. The lowest BCUT2D eigenvalue weighted by Crippen LogP contribution is -2.47. The first-order chi connectivity index (χ1) is 12.7. The highest BCUT2D eigenvalue weighted by atomic mass is 16.5. The van der Waals surface area contributed by atoms with Gasteiger partial charge in [-0.1, -0.05) is 18.2 Å². The number of nitrogens with zero attached hydrogens (tertiary/aromatic N) is 4. The standard InChI is InChI=1S/C20H24N4O2/c1-23(17-5-3-2-4-6-17)18-11-20(26-14-18)7-9-24(10-8-20)19(25)16-12-21-15-22-13-16/h2-6,12-13,15,18H,7-11,14H2,1H3/t18-/m0/s1. The summed E-state index contributed by atoms with van der Waals surface area (Å²) in [5, 5.41) is 0. The van der Waals surface area contributed by atoms with Gasteiger partial charge < -0.3 is 14.5 Å². The zero-order chi connectivity index (χ0) is 18.0. The number of aromatic nitrogens is 2. The molecule has 0 bridgehead atoms. The van der Waals surface area contributed by atoms with Crippen molar-refractivity contribution in [3.63, 3.8) is 0 Å². The van der Waals surface area contributed by atoms with Crippen molar-refractivity contribution in [3.05, 3.63) is 54.6 Å². The van der Waals surface area contributed by atoms with Gasteiger partial charge in [0.2, 0.25) is 0 Å². The monoisotopic (exact) mass is 352 g/mol. The van der Waals surface area contributed by atoms with Gasteiger partial charge in [0.05, 0.1) is 23.8 Å². The number of rotatable bonds is 3. The van der Waals surface area contributed by atoms with Crippen molar-refractivity contribution in [2.24, 2.45) is 0 Å². The highest BCUT2D eigenvalue weighted by Crippen LogP contribution is 2.38. The lowest BCUT2D eigenvalue weighted by Gasteiger charge is -2.39. The zero-order valence-electron chi connectivity index (χ0n) is 15.0. The fourth-order valence-electron chi connectivity index (χ4n) is 4.00. The van der Waals surface area contributed by atoms with Crippen molar-refractivity contribution in [2.45, 2.75) is 30.9 Å². The molecule has 1 amide bonds. The van der Waals surface area contributed by atoms with Gasteiger partial charge in [0.1, 0.15) is 6.33 Å². The van der Waals surface area contributed by atoms with E-state index >= 15 is 0 Å². The summed E-state index contributed by atoms with van der Waals surface area (Å²) in [7, 11) is 2.14. The first-order valence-electron chi connectivity index (χ1n) is 9.13. The fourth-order valence-corrected chi connectivity index (χ4v) is 4.00. The highest BCUT2D eigenvalue weighted by Gasteiger charge is 2.44. The molecule has 2 aliphatic rings. The first kappa shape index (κ1) is 17.0. The Morgan fingerprint density at radius 3 is 2.58 bits per heavy atom. The fraction of sp³-hybridized carbons (Fsp3) is 0.450. The molecule has 0 aliphatic carbocycles. The largest absolute Gasteiger partial charge is 0.373 e. The summed E-state index contributed by atoms with van der Waals surface area (Å²) in [6.45, 7) is 2.18. The van der Waals surface area contributed by atoms with E-state index in [9.17, 15) is 4.79 Å². The van der Waals surface area contributed by atoms with Crippen molar-refractivity contribution in [2.75, 3.05) is 31.6 Å². The van der Waals surface area contributed by atoms with Crippen LogP contribution in [0.1, 0.15) is 29.6 Å². The maximum atomic E-state index is 12.6. The first-order valence-corrected chi connectivity index (χ1v) is 9.13. The molecule has 2 aliphatic heterocycles. The van der Waals surface area contributed by atoms with Crippen LogP contribution in [-0.4, -0.2) is 59.2 Å². The number of para-hydroxylation sites is 1. The molecule has 6 heteroatoms. The van der Waals surface area contributed by atoms with Crippen LogP contribution in [0.15, 0.2) is 49.1 Å². The van der Waals surface area contributed by atoms with E-state index in [-0.39, 0.29) is 11.5 Å². The number of piperidine rings is 1. The molecule has 2 aromatic rings. The van der Waals surface area contributed by atoms with Crippen molar-refractivity contribution >= 4 is 11.6 Å². The van der Waals surface area contributed by atoms with Crippen LogP contribution in [0.25, 0.3) is 0 Å². The Balaban J connectivity index is 1.37. The molecule has 2 saturated heterocycles. The summed E-state index contributed by atoms with van der Waals surface area (Å²) in [4.78, 5) is 24.6. The minimum atomic E-state index is -0.0995. The van der Waals surface area contributed by atoms with Crippen LogP contribution < -0.4 is 4.90 Å². The van der Waals surface area contributed by atoms with E-state index in [4.69, 9.17) is 4.74 Å². The summed E-state index contributed by atoms with van der Waals surface area (Å²) < 4.78 is 6.27. The quantitative estimate of drug-likeness (QED) is 0.849. The second-order valence-corrected chi connectivity index (χ2v) is 7.22. The molecule has 2 fully saturated rings. The molecule has 4 rings (SSSR count). The third kappa shape index (κ3) is 3.29. The lowest BCUT2D eigenvalue weighted by molar-refractivity contribution is -0.0388. The molecule has 0 N–H and O–H groups in total. The number of hydrogen-bond donors (Lipinski definition) is 0. The molecule has 3 heterocycles. The zero-order valence-corrected chi connectivity index (χ0v) is 15.0. The van der Waals surface area contributed by atoms with Gasteiger partial charge in [-0.25, -0.2) is 9.97 Å². The number of likely N-dealkylation sites (N-methyl/N-ethyl adjacent to an activating group) is 1. The molecule has 6 nitrogen and oxygen atoms in total. The molecule has 1 aromatic carbocycles. The van der Waals surface area contributed by atoms with Crippen molar-refractivity contribution < 1.29 is 9.53 Å². The van der Waals surface area contributed by atoms with Gasteiger partial charge in [-0.15, -0.1) is 0 Å². The molecule has 26 heavy (non-hydrogen) atoms. The SMILES string of the molecule is CN(c1ccccc1)[C@@H]1COC2(CCN(C(=O)c3cncnc3)CC2)C1. The molecule has 0 saturated carbocycles. The van der Waals surface area contributed by atoms with Crippen LogP contribution in [-0.2, 0) is 4.74 Å². The van der Waals surface area contributed by atoms with Gasteiger partial charge in [-0.3, -0.25) is 4.79 Å². The summed E-state index contributed by atoms with van der Waals surface area (Å²) in [6, 6.07) is 10.8. The Bertz CT molecular complexity index is 745. The van der Waals surface area contributed by atoms with Gasteiger partial charge in [-0.2, -0.15) is 0 Å². The minimum absolute atomic E-state index is 0.0106. The van der Waals surface area contributed by atoms with E-state index in [0.717, 1.165) is 39.0 Å². The molecule has 0 radical (unpaired) electrons. The van der Waals surface area contributed by atoms with E-state index in [1.807, 2.05) is 11.0 Å². The maximum Gasteiger partial charge on any atom is 0.256 e. The average molecular weight is 352 g/mol. The Labute approximate surface area is 153 Å². The number of benzene rings is 1. The Morgan fingerprint density at radius 1 is 1.19 bits per heavy atom. The smallest absolute Gasteiger partial charge is 0.256 e. The van der Waals surface area contributed by atoms with E-state index in [1.165, 1.54) is 12.0 Å². The number of hydrogen-bond acceptors (Lipinski definition) is 5. The van der Waals surface area contributed by atoms with E-state index in [2.05, 4.69) is 46.2 Å². The van der Waals surface area contributed by atoms with Crippen LogP contribution in [0.4, 0.5) is 5.69 Å². The van der Waals surface area contributed by atoms with Crippen LogP contribution in [0.2, 0.25) is 0 Å². The molecular weight excluding hydrogens is 328 g/mol. The lowest BCUT2D eigenvalue weighted by atomic mass is 9.87. The van der Waals surface area contributed by atoms with Crippen LogP contribution in [0.3, 0.4) is 0 Å². The predicted molar refractivity (Wildman–Crippen MR) is 99.1 cm³/mol. The van der Waals surface area contributed by atoms with Crippen molar-refractivity contribution in [1.82, 2.24) is 14.9 Å². The number of carbonyl (C=O) groups is 1. The predicted octanol–water partition coefficient (Wildman–Crippen LogP) is 2.38. The van der Waals surface area contributed by atoms with Crippen LogP contribution >= 0.6 is 0 Å². The molecular formula is C20H24N4O2. The topological polar surface area (TPSA) is 58.6 Å². The molecule has 1 aromatic heterocycles. The number of anilines is 1. The third-order valence-electron chi connectivity index (χ3n) is 5.67. The normalized spacial score (nSPS) is 21.7. The second kappa shape index (κ2) is 7.03. The van der Waals surface area contributed by atoms with E-state index in [1.54, 1.807) is 12.4 Å². The maximum absolute atomic E-state index is 12.6. The molecule has 136 valence electrons. The van der Waals surface area contributed by atoms with E-state index in [0.29, 0.717) is 11.6 Å². The average Bonchev–Trinajstić information content (AvgIpc) is 3.12. The number of likely N-dealkylation sites (tertiary alicyclic amines) is 1. The second-order valence-electron chi connectivity index (χ2n) is 7.22. The molecule has 1 atom stereocenters. The van der Waals surface area contributed by atoms with Crippen LogP contribution in [0.5, 0.6) is 0 Å². The van der Waals surface area contributed by atoms with Gasteiger partial charge in [0.25, 0.3) is 5.91 Å². The summed E-state index contributed by atoms with van der Waals surface area (Å²) in [5.74, 6) is 0.0106. The van der Waals surface area contributed by atoms with Crippen molar-refractivity contribution in [3.8, 4) is 0 Å². The third-order valence-corrected chi connectivity index (χ3v) is 5.67.